The molecule has 4 rings (SSSR count). The quantitative estimate of drug-likeness (QED) is 0.465. The highest BCUT2D eigenvalue weighted by molar-refractivity contribution is 5.93. The largest absolute Gasteiger partial charge is 0.371 e. The molecule has 1 aliphatic heterocycles. The average Bonchev–Trinajstić information content (AvgIpc) is 3.41. The van der Waals surface area contributed by atoms with Crippen molar-refractivity contribution >= 4 is 17.3 Å². The first-order chi connectivity index (χ1) is 15.3. The van der Waals surface area contributed by atoms with E-state index in [0.717, 1.165) is 12.5 Å². The van der Waals surface area contributed by atoms with Gasteiger partial charge >= 0.3 is 0 Å². The molecule has 11 heteroatoms. The minimum absolute atomic E-state index is 0.0878. The number of halogens is 2. The number of nitrogens with zero attached hydrogens (tertiary/aromatic N) is 5. The van der Waals surface area contributed by atoms with E-state index in [1.807, 2.05) is 4.90 Å². The van der Waals surface area contributed by atoms with Gasteiger partial charge in [-0.2, -0.15) is 0 Å². The van der Waals surface area contributed by atoms with Crippen molar-refractivity contribution in [1.82, 2.24) is 20.3 Å². The zero-order chi connectivity index (χ0) is 22.8. The van der Waals surface area contributed by atoms with Crippen molar-refractivity contribution in [3.05, 3.63) is 75.6 Å². The van der Waals surface area contributed by atoms with Gasteiger partial charge in [0.25, 0.3) is 11.6 Å². The van der Waals surface area contributed by atoms with Crippen LogP contribution in [0.2, 0.25) is 0 Å². The second-order valence-electron chi connectivity index (χ2n) is 7.62. The Hall–Kier alpha value is -3.89. The number of rotatable bonds is 6. The van der Waals surface area contributed by atoms with Crippen molar-refractivity contribution in [3.63, 3.8) is 0 Å². The molecule has 1 N–H and O–H groups in total. The number of nitro benzene ring substituents is 1. The van der Waals surface area contributed by atoms with Gasteiger partial charge in [-0.3, -0.25) is 14.9 Å². The van der Waals surface area contributed by atoms with Crippen molar-refractivity contribution in [2.75, 3.05) is 24.5 Å². The SMILES string of the molecule is Cc1c(C(=O)NCC2CCN(c3ccc(F)c(F)c3)C2)nnn1-c1cccc([N+](=O)[O-])c1. The molecular weight excluding hydrogens is 422 g/mol. The second kappa shape index (κ2) is 8.69. The summed E-state index contributed by atoms with van der Waals surface area (Å²) in [5.74, 6) is -2.03. The Labute approximate surface area is 181 Å². The maximum atomic E-state index is 13.5. The summed E-state index contributed by atoms with van der Waals surface area (Å²) in [4.78, 5) is 25.1. The molecule has 1 unspecified atom stereocenters. The number of carbonyl (C=O) groups excluding carboxylic acids is 1. The number of amides is 1. The molecule has 0 aliphatic carbocycles. The minimum Gasteiger partial charge on any atom is -0.371 e. The van der Waals surface area contributed by atoms with Crippen molar-refractivity contribution in [1.29, 1.82) is 0 Å². The van der Waals surface area contributed by atoms with E-state index in [1.165, 1.54) is 35.0 Å². The lowest BCUT2D eigenvalue weighted by Crippen LogP contribution is -2.31. The van der Waals surface area contributed by atoms with Crippen LogP contribution in [0.25, 0.3) is 5.69 Å². The smallest absolute Gasteiger partial charge is 0.273 e. The van der Waals surface area contributed by atoms with Crippen LogP contribution in [0.4, 0.5) is 20.2 Å². The van der Waals surface area contributed by atoms with Gasteiger partial charge in [0.2, 0.25) is 0 Å². The molecule has 1 aromatic heterocycles. The van der Waals surface area contributed by atoms with Gasteiger partial charge in [-0.25, -0.2) is 13.5 Å². The molecule has 1 atom stereocenters. The second-order valence-corrected chi connectivity index (χ2v) is 7.62. The third kappa shape index (κ3) is 4.27. The third-order valence-corrected chi connectivity index (χ3v) is 5.50. The molecule has 9 nitrogen and oxygen atoms in total. The van der Waals surface area contributed by atoms with E-state index >= 15 is 0 Å². The molecule has 1 fully saturated rings. The highest BCUT2D eigenvalue weighted by Gasteiger charge is 2.25. The van der Waals surface area contributed by atoms with Gasteiger partial charge in [0.05, 0.1) is 16.3 Å². The molecule has 0 spiro atoms. The monoisotopic (exact) mass is 442 g/mol. The number of benzene rings is 2. The molecule has 2 heterocycles. The van der Waals surface area contributed by atoms with Gasteiger partial charge in [0, 0.05) is 43.5 Å². The first-order valence-corrected chi connectivity index (χ1v) is 9.99. The summed E-state index contributed by atoms with van der Waals surface area (Å²) in [6, 6.07) is 9.71. The maximum Gasteiger partial charge on any atom is 0.273 e. The Morgan fingerprint density at radius 3 is 2.78 bits per heavy atom. The predicted octanol–water partition coefficient (Wildman–Crippen LogP) is 3.02. The van der Waals surface area contributed by atoms with Crippen molar-refractivity contribution < 1.29 is 18.5 Å². The van der Waals surface area contributed by atoms with Crippen LogP contribution in [0.1, 0.15) is 22.6 Å². The fourth-order valence-electron chi connectivity index (χ4n) is 3.76. The van der Waals surface area contributed by atoms with Crippen LogP contribution in [0.5, 0.6) is 0 Å². The van der Waals surface area contributed by atoms with Gasteiger partial charge in [0.15, 0.2) is 17.3 Å². The van der Waals surface area contributed by atoms with E-state index in [9.17, 15) is 23.7 Å². The first kappa shape index (κ1) is 21.3. The molecule has 0 bridgehead atoms. The lowest BCUT2D eigenvalue weighted by Gasteiger charge is -2.19. The molecule has 1 aliphatic rings. The van der Waals surface area contributed by atoms with Crippen molar-refractivity contribution in [2.24, 2.45) is 5.92 Å². The highest BCUT2D eigenvalue weighted by atomic mass is 19.2. The van der Waals surface area contributed by atoms with E-state index in [0.29, 0.717) is 36.7 Å². The Morgan fingerprint density at radius 1 is 1.22 bits per heavy atom. The summed E-state index contributed by atoms with van der Waals surface area (Å²) in [5, 5.41) is 21.7. The molecule has 3 aromatic rings. The van der Waals surface area contributed by atoms with Crippen LogP contribution < -0.4 is 10.2 Å². The molecule has 0 saturated carbocycles. The number of hydrogen-bond acceptors (Lipinski definition) is 6. The molecule has 32 heavy (non-hydrogen) atoms. The maximum absolute atomic E-state index is 13.5. The van der Waals surface area contributed by atoms with E-state index < -0.39 is 22.5 Å². The molecule has 2 aromatic carbocycles. The van der Waals surface area contributed by atoms with E-state index in [1.54, 1.807) is 13.0 Å². The van der Waals surface area contributed by atoms with E-state index in [-0.39, 0.29) is 17.3 Å². The average molecular weight is 442 g/mol. The Bertz CT molecular complexity index is 1180. The number of non-ortho nitro benzene ring substituents is 1. The van der Waals surface area contributed by atoms with Crippen LogP contribution in [0.3, 0.4) is 0 Å². The van der Waals surface area contributed by atoms with E-state index in [2.05, 4.69) is 15.6 Å². The summed E-state index contributed by atoms with van der Waals surface area (Å²) < 4.78 is 28.0. The molecule has 1 saturated heterocycles. The van der Waals surface area contributed by atoms with Gasteiger partial charge in [-0.05, 0) is 37.5 Å². The lowest BCUT2D eigenvalue weighted by molar-refractivity contribution is -0.384. The lowest BCUT2D eigenvalue weighted by atomic mass is 10.1. The Balaban J connectivity index is 1.38. The van der Waals surface area contributed by atoms with Crippen molar-refractivity contribution in [2.45, 2.75) is 13.3 Å². The summed E-state index contributed by atoms with van der Waals surface area (Å²) in [5.41, 5.74) is 1.54. The van der Waals surface area contributed by atoms with Gasteiger partial charge in [0.1, 0.15) is 0 Å². The molecule has 0 radical (unpaired) electrons. The number of carbonyl (C=O) groups is 1. The molecule has 166 valence electrons. The van der Waals surface area contributed by atoms with Crippen LogP contribution in [-0.2, 0) is 0 Å². The zero-order valence-electron chi connectivity index (χ0n) is 17.2. The summed E-state index contributed by atoms with van der Waals surface area (Å²) >= 11 is 0. The normalized spacial score (nSPS) is 15.7. The molecule has 1 amide bonds. The third-order valence-electron chi connectivity index (χ3n) is 5.50. The van der Waals surface area contributed by atoms with Crippen LogP contribution in [0.15, 0.2) is 42.5 Å². The number of aromatic nitrogens is 3. The van der Waals surface area contributed by atoms with Gasteiger partial charge < -0.3 is 10.2 Å². The Kier molecular flexibility index (Phi) is 5.80. The van der Waals surface area contributed by atoms with Gasteiger partial charge in [-0.1, -0.05) is 11.3 Å². The summed E-state index contributed by atoms with van der Waals surface area (Å²) in [6.07, 6.45) is 0.790. The van der Waals surface area contributed by atoms with Crippen LogP contribution >= 0.6 is 0 Å². The number of nitro groups is 1. The van der Waals surface area contributed by atoms with Crippen LogP contribution in [0, 0.1) is 34.6 Å². The predicted molar refractivity (Wildman–Crippen MR) is 112 cm³/mol. The fourth-order valence-corrected chi connectivity index (χ4v) is 3.76. The Morgan fingerprint density at radius 2 is 2.03 bits per heavy atom. The minimum atomic E-state index is -0.887. The van der Waals surface area contributed by atoms with Crippen molar-refractivity contribution in [3.8, 4) is 5.69 Å². The zero-order valence-corrected chi connectivity index (χ0v) is 17.2. The number of nitrogens with one attached hydrogen (secondary N) is 1. The summed E-state index contributed by atoms with van der Waals surface area (Å²) in [6.45, 7) is 3.33. The highest BCUT2D eigenvalue weighted by Crippen LogP contribution is 2.25. The molecular formula is C21H20F2N6O3. The topological polar surface area (TPSA) is 106 Å². The number of hydrogen-bond donors (Lipinski definition) is 1. The van der Waals surface area contributed by atoms with Gasteiger partial charge in [-0.15, -0.1) is 5.10 Å². The standard InChI is InChI=1S/C21H20F2N6O3/c1-13-20(25-26-28(13)16-3-2-4-17(9-16)29(31)32)21(30)24-11-14-7-8-27(12-14)15-5-6-18(22)19(23)10-15/h2-6,9-10,14H,7-8,11-12H2,1H3,(H,24,30). The fraction of sp³-hybridized carbons (Fsp3) is 0.286. The number of anilines is 1. The summed E-state index contributed by atoms with van der Waals surface area (Å²) in [7, 11) is 0. The first-order valence-electron chi connectivity index (χ1n) is 9.99. The van der Waals surface area contributed by atoms with E-state index in [4.69, 9.17) is 0 Å². The van der Waals surface area contributed by atoms with Crippen LogP contribution in [-0.4, -0.2) is 45.5 Å².